The van der Waals surface area contributed by atoms with E-state index in [0.29, 0.717) is 37.7 Å². The van der Waals surface area contributed by atoms with Crippen molar-refractivity contribution in [3.05, 3.63) is 23.9 Å². The fourth-order valence-corrected chi connectivity index (χ4v) is 2.17. The van der Waals surface area contributed by atoms with Crippen molar-refractivity contribution in [2.75, 3.05) is 33.4 Å². The average molecular weight is 280 g/mol. The highest BCUT2D eigenvalue weighted by atomic mass is 16.5. The Morgan fingerprint density at radius 2 is 2.40 bits per heavy atom. The molecule has 0 aromatic carbocycles. The number of β-amino-alcohol motifs (C(OH)–C–C–N with tert-alkyl or cyclic N) is 1. The molecular weight excluding hydrogens is 260 g/mol. The number of rotatable bonds is 5. The summed E-state index contributed by atoms with van der Waals surface area (Å²) < 4.78 is 10.3. The van der Waals surface area contributed by atoms with Gasteiger partial charge in [0.1, 0.15) is 6.61 Å². The van der Waals surface area contributed by atoms with E-state index in [-0.39, 0.29) is 5.91 Å². The molecule has 0 aliphatic carbocycles. The summed E-state index contributed by atoms with van der Waals surface area (Å²) in [6, 6.07) is 3.28. The van der Waals surface area contributed by atoms with Gasteiger partial charge in [0.2, 0.25) is 5.88 Å². The van der Waals surface area contributed by atoms with Crippen LogP contribution in [0.15, 0.2) is 18.3 Å². The molecule has 0 spiro atoms. The molecule has 6 heteroatoms. The van der Waals surface area contributed by atoms with Crippen molar-refractivity contribution in [1.29, 1.82) is 0 Å². The van der Waals surface area contributed by atoms with Gasteiger partial charge < -0.3 is 19.5 Å². The van der Waals surface area contributed by atoms with Crippen LogP contribution in [0.2, 0.25) is 0 Å². The van der Waals surface area contributed by atoms with Crippen LogP contribution in [-0.2, 0) is 4.74 Å². The number of aliphatic hydroxyl groups is 1. The first kappa shape index (κ1) is 14.7. The summed E-state index contributed by atoms with van der Waals surface area (Å²) in [5.41, 5.74) is 0.529. The molecule has 0 saturated carbocycles. The average Bonchev–Trinajstić information content (AvgIpc) is 2.47. The number of aliphatic hydroxyl groups excluding tert-OH is 1. The number of ether oxygens (including phenoxy) is 2. The third-order valence-corrected chi connectivity index (χ3v) is 3.20. The Balaban J connectivity index is 2.00. The maximum Gasteiger partial charge on any atom is 0.254 e. The minimum absolute atomic E-state index is 0.0947. The highest BCUT2D eigenvalue weighted by molar-refractivity contribution is 5.94. The summed E-state index contributed by atoms with van der Waals surface area (Å²) in [4.78, 5) is 18.1. The van der Waals surface area contributed by atoms with E-state index in [4.69, 9.17) is 9.47 Å². The summed E-state index contributed by atoms with van der Waals surface area (Å²) in [6.45, 7) is 1.93. The summed E-state index contributed by atoms with van der Waals surface area (Å²) >= 11 is 0. The number of hydrogen-bond donors (Lipinski definition) is 1. The van der Waals surface area contributed by atoms with Gasteiger partial charge >= 0.3 is 0 Å². The highest BCUT2D eigenvalue weighted by Gasteiger charge is 2.23. The molecule has 110 valence electrons. The topological polar surface area (TPSA) is 71.9 Å². The summed E-state index contributed by atoms with van der Waals surface area (Å²) in [6.07, 6.45) is 2.71. The summed E-state index contributed by atoms with van der Waals surface area (Å²) in [7, 11) is 1.60. The highest BCUT2D eigenvalue weighted by Crippen LogP contribution is 2.16. The standard InChI is InChI=1S/C14H20N2O4/c1-19-7-8-20-13-9-11(4-5-15-13)14(18)16-6-2-3-12(17)10-16/h4-5,9,12,17H,2-3,6-8,10H2,1H3/t12-/m1/s1. The molecule has 1 aliphatic rings. The number of carbonyl (C=O) groups excluding carboxylic acids is 1. The Hall–Kier alpha value is -1.66. The lowest BCUT2D eigenvalue weighted by Crippen LogP contribution is -2.42. The molecule has 1 fully saturated rings. The van der Waals surface area contributed by atoms with Gasteiger partial charge in [-0.25, -0.2) is 4.98 Å². The summed E-state index contributed by atoms with van der Waals surface area (Å²) in [5, 5.41) is 9.63. The number of piperidine rings is 1. The van der Waals surface area contributed by atoms with E-state index in [1.807, 2.05) is 0 Å². The zero-order valence-electron chi connectivity index (χ0n) is 11.6. The van der Waals surface area contributed by atoms with E-state index in [0.717, 1.165) is 12.8 Å². The lowest BCUT2D eigenvalue weighted by molar-refractivity contribution is 0.0473. The Morgan fingerprint density at radius 1 is 1.55 bits per heavy atom. The second-order valence-corrected chi connectivity index (χ2v) is 4.77. The Morgan fingerprint density at radius 3 is 3.15 bits per heavy atom. The first-order valence-electron chi connectivity index (χ1n) is 6.76. The summed E-state index contributed by atoms with van der Waals surface area (Å²) in [5.74, 6) is 0.313. The fraction of sp³-hybridized carbons (Fsp3) is 0.571. The lowest BCUT2D eigenvalue weighted by Gasteiger charge is -2.30. The van der Waals surface area contributed by atoms with Gasteiger partial charge in [-0.05, 0) is 18.9 Å². The maximum atomic E-state index is 12.3. The molecule has 1 saturated heterocycles. The number of hydrogen-bond acceptors (Lipinski definition) is 5. The van der Waals surface area contributed by atoms with Crippen LogP contribution in [0.1, 0.15) is 23.2 Å². The zero-order chi connectivity index (χ0) is 14.4. The molecule has 2 heterocycles. The molecule has 1 aromatic rings. The molecule has 1 aromatic heterocycles. The van der Waals surface area contributed by atoms with Crippen LogP contribution in [-0.4, -0.2) is 60.4 Å². The number of pyridine rings is 1. The van der Waals surface area contributed by atoms with Gasteiger partial charge in [-0.15, -0.1) is 0 Å². The van der Waals surface area contributed by atoms with E-state index >= 15 is 0 Å². The monoisotopic (exact) mass is 280 g/mol. The Kier molecular flexibility index (Phi) is 5.31. The Bertz CT molecular complexity index is 453. The molecule has 2 rings (SSSR count). The normalized spacial score (nSPS) is 18.9. The van der Waals surface area contributed by atoms with Crippen LogP contribution in [0.3, 0.4) is 0 Å². The van der Waals surface area contributed by atoms with Gasteiger partial charge in [-0.3, -0.25) is 4.79 Å². The molecule has 1 amide bonds. The molecule has 0 unspecified atom stereocenters. The number of aromatic nitrogens is 1. The Labute approximate surface area is 118 Å². The van der Waals surface area contributed by atoms with E-state index in [2.05, 4.69) is 4.98 Å². The molecule has 0 bridgehead atoms. The van der Waals surface area contributed by atoms with Crippen molar-refractivity contribution >= 4 is 5.91 Å². The van der Waals surface area contributed by atoms with Crippen molar-refractivity contribution < 1.29 is 19.4 Å². The largest absolute Gasteiger partial charge is 0.475 e. The molecule has 6 nitrogen and oxygen atoms in total. The van der Waals surface area contributed by atoms with Crippen molar-refractivity contribution in [2.24, 2.45) is 0 Å². The van der Waals surface area contributed by atoms with Crippen LogP contribution in [0.5, 0.6) is 5.88 Å². The van der Waals surface area contributed by atoms with E-state index in [9.17, 15) is 9.90 Å². The lowest BCUT2D eigenvalue weighted by atomic mass is 10.1. The molecule has 1 N–H and O–H groups in total. The first-order chi connectivity index (χ1) is 9.70. The molecular formula is C14H20N2O4. The predicted octanol–water partition coefficient (Wildman–Crippen LogP) is 0.704. The number of amides is 1. The molecule has 1 aliphatic heterocycles. The van der Waals surface area contributed by atoms with E-state index in [1.165, 1.54) is 0 Å². The smallest absolute Gasteiger partial charge is 0.254 e. The minimum Gasteiger partial charge on any atom is -0.475 e. The van der Waals surface area contributed by atoms with Gasteiger partial charge in [0.15, 0.2) is 0 Å². The molecule has 20 heavy (non-hydrogen) atoms. The molecule has 1 atom stereocenters. The minimum atomic E-state index is -0.424. The third-order valence-electron chi connectivity index (χ3n) is 3.20. The quantitative estimate of drug-likeness (QED) is 0.804. The number of carbonyl (C=O) groups is 1. The van der Waals surface area contributed by atoms with Crippen LogP contribution in [0, 0.1) is 0 Å². The van der Waals surface area contributed by atoms with Crippen molar-refractivity contribution in [1.82, 2.24) is 9.88 Å². The zero-order valence-corrected chi connectivity index (χ0v) is 11.6. The van der Waals surface area contributed by atoms with Gasteiger partial charge in [0, 0.05) is 38.0 Å². The van der Waals surface area contributed by atoms with Crippen LogP contribution >= 0.6 is 0 Å². The SMILES string of the molecule is COCCOc1cc(C(=O)N2CCC[C@@H](O)C2)ccn1. The van der Waals surface area contributed by atoms with Gasteiger partial charge in [0.25, 0.3) is 5.91 Å². The van der Waals surface area contributed by atoms with Gasteiger partial charge in [-0.2, -0.15) is 0 Å². The maximum absolute atomic E-state index is 12.3. The number of nitrogens with zero attached hydrogens (tertiary/aromatic N) is 2. The van der Waals surface area contributed by atoms with Crippen LogP contribution in [0.4, 0.5) is 0 Å². The van der Waals surface area contributed by atoms with Crippen molar-refractivity contribution in [3.8, 4) is 5.88 Å². The second-order valence-electron chi connectivity index (χ2n) is 4.77. The number of likely N-dealkylation sites (tertiary alicyclic amines) is 1. The number of methoxy groups -OCH3 is 1. The second kappa shape index (κ2) is 7.21. The molecule has 0 radical (unpaired) electrons. The van der Waals surface area contributed by atoms with E-state index in [1.54, 1.807) is 30.3 Å². The van der Waals surface area contributed by atoms with Crippen molar-refractivity contribution in [3.63, 3.8) is 0 Å². The predicted molar refractivity (Wildman–Crippen MR) is 72.8 cm³/mol. The van der Waals surface area contributed by atoms with Crippen LogP contribution in [0.25, 0.3) is 0 Å². The van der Waals surface area contributed by atoms with Crippen molar-refractivity contribution in [2.45, 2.75) is 18.9 Å². The third kappa shape index (κ3) is 3.91. The fourth-order valence-electron chi connectivity index (χ4n) is 2.17. The van der Waals surface area contributed by atoms with Gasteiger partial charge in [-0.1, -0.05) is 0 Å². The van der Waals surface area contributed by atoms with E-state index < -0.39 is 6.10 Å². The first-order valence-corrected chi connectivity index (χ1v) is 6.76. The van der Waals surface area contributed by atoms with Crippen LogP contribution < -0.4 is 4.74 Å². The van der Waals surface area contributed by atoms with Gasteiger partial charge in [0.05, 0.1) is 12.7 Å².